The molecule has 142 valence electrons. The predicted molar refractivity (Wildman–Crippen MR) is 93.5 cm³/mol. The summed E-state index contributed by atoms with van der Waals surface area (Å²) in [5.41, 5.74) is -1.21. The van der Waals surface area contributed by atoms with Crippen molar-refractivity contribution in [3.05, 3.63) is 29.3 Å². The first-order valence-electron chi connectivity index (χ1n) is 8.81. The molecule has 0 heterocycles. The lowest BCUT2D eigenvalue weighted by Crippen LogP contribution is -2.40. The Balaban J connectivity index is 2.24. The molecule has 2 rings (SSSR count). The Morgan fingerprint density at radius 1 is 1.31 bits per heavy atom. The van der Waals surface area contributed by atoms with Gasteiger partial charge in [-0.2, -0.15) is 18.4 Å². The maximum absolute atomic E-state index is 13.2. The summed E-state index contributed by atoms with van der Waals surface area (Å²) >= 11 is 0. The number of amides is 1. The molecule has 1 atom stereocenters. The van der Waals surface area contributed by atoms with Crippen LogP contribution >= 0.6 is 0 Å². The topological polar surface area (TPSA) is 56.1 Å². The van der Waals surface area contributed by atoms with Crippen LogP contribution in [0.3, 0.4) is 0 Å². The van der Waals surface area contributed by atoms with Crippen molar-refractivity contribution in [3.63, 3.8) is 0 Å². The third kappa shape index (κ3) is 5.13. The van der Waals surface area contributed by atoms with E-state index < -0.39 is 23.3 Å². The standard InChI is InChI=1S/C19H24F3N3O/c1-25(2)18(26)17(10-13-6-4-3-5-7-13)24-15-9-8-14(12-23)16(11-15)19(20,21)22/h8-9,11,13,17,24H,3-7,10H2,1-2H3/t17-/m0/s1. The van der Waals surface area contributed by atoms with Crippen molar-refractivity contribution in [2.45, 2.75) is 50.7 Å². The minimum atomic E-state index is -4.62. The van der Waals surface area contributed by atoms with Gasteiger partial charge in [0, 0.05) is 19.8 Å². The maximum atomic E-state index is 13.2. The van der Waals surface area contributed by atoms with Gasteiger partial charge >= 0.3 is 6.18 Å². The number of anilines is 1. The van der Waals surface area contributed by atoms with Crippen LogP contribution in [-0.2, 0) is 11.0 Å². The van der Waals surface area contributed by atoms with Gasteiger partial charge in [0.2, 0.25) is 5.91 Å². The quantitative estimate of drug-likeness (QED) is 0.838. The largest absolute Gasteiger partial charge is 0.417 e. The van der Waals surface area contributed by atoms with Crippen molar-refractivity contribution < 1.29 is 18.0 Å². The SMILES string of the molecule is CN(C)C(=O)[C@H](CC1CCCCC1)Nc1ccc(C#N)c(C(F)(F)F)c1. The molecule has 0 bridgehead atoms. The number of benzene rings is 1. The molecule has 1 N–H and O–H groups in total. The monoisotopic (exact) mass is 367 g/mol. The summed E-state index contributed by atoms with van der Waals surface area (Å²) in [4.78, 5) is 14.0. The number of rotatable bonds is 5. The zero-order chi connectivity index (χ0) is 19.3. The number of carbonyl (C=O) groups is 1. The van der Waals surface area contributed by atoms with Crippen LogP contribution in [0, 0.1) is 17.2 Å². The van der Waals surface area contributed by atoms with E-state index in [-0.39, 0.29) is 11.6 Å². The Morgan fingerprint density at radius 2 is 1.96 bits per heavy atom. The molecule has 4 nitrogen and oxygen atoms in total. The second kappa shape index (κ2) is 8.43. The number of hydrogen-bond acceptors (Lipinski definition) is 3. The number of nitriles is 1. The average Bonchev–Trinajstić information content (AvgIpc) is 2.60. The molecule has 7 heteroatoms. The second-order valence-electron chi connectivity index (χ2n) is 7.04. The normalized spacial score (nSPS) is 16.6. The van der Waals surface area contributed by atoms with E-state index in [0.29, 0.717) is 12.3 Å². The summed E-state index contributed by atoms with van der Waals surface area (Å²) in [7, 11) is 3.27. The highest BCUT2D eigenvalue weighted by atomic mass is 19.4. The minimum Gasteiger partial charge on any atom is -0.374 e. The summed E-state index contributed by atoms with van der Waals surface area (Å²) < 4.78 is 39.5. The molecule has 0 unspecified atom stereocenters. The van der Waals surface area contributed by atoms with Crippen LogP contribution < -0.4 is 5.32 Å². The van der Waals surface area contributed by atoms with Gasteiger partial charge in [-0.05, 0) is 30.5 Å². The van der Waals surface area contributed by atoms with Crippen LogP contribution in [0.25, 0.3) is 0 Å². The summed E-state index contributed by atoms with van der Waals surface area (Å²) in [5, 5.41) is 11.9. The Bertz CT molecular complexity index is 674. The average molecular weight is 367 g/mol. The summed E-state index contributed by atoms with van der Waals surface area (Å²) in [6.45, 7) is 0. The summed E-state index contributed by atoms with van der Waals surface area (Å²) in [6.07, 6.45) is 1.51. The van der Waals surface area contributed by atoms with Crippen molar-refractivity contribution in [1.29, 1.82) is 5.26 Å². The van der Waals surface area contributed by atoms with Crippen molar-refractivity contribution in [3.8, 4) is 6.07 Å². The fourth-order valence-corrected chi connectivity index (χ4v) is 3.46. The fraction of sp³-hybridized carbons (Fsp3) is 0.579. The number of nitrogens with zero attached hydrogens (tertiary/aromatic N) is 2. The van der Waals surface area contributed by atoms with E-state index in [2.05, 4.69) is 5.32 Å². The highest BCUT2D eigenvalue weighted by molar-refractivity contribution is 5.84. The molecule has 1 aliphatic carbocycles. The predicted octanol–water partition coefficient (Wildman–Crippen LogP) is 4.42. The van der Waals surface area contributed by atoms with Crippen LogP contribution in [0.2, 0.25) is 0 Å². The van der Waals surface area contributed by atoms with Gasteiger partial charge in [0.25, 0.3) is 0 Å². The lowest BCUT2D eigenvalue weighted by atomic mass is 9.84. The molecule has 0 aromatic heterocycles. The number of hydrogen-bond donors (Lipinski definition) is 1. The van der Waals surface area contributed by atoms with Crippen molar-refractivity contribution >= 4 is 11.6 Å². The van der Waals surface area contributed by atoms with Gasteiger partial charge in [-0.3, -0.25) is 4.79 Å². The van der Waals surface area contributed by atoms with E-state index in [1.165, 1.54) is 17.4 Å². The molecule has 0 saturated heterocycles. The highest BCUT2D eigenvalue weighted by Crippen LogP contribution is 2.34. The van der Waals surface area contributed by atoms with Crippen LogP contribution in [0.4, 0.5) is 18.9 Å². The molecule has 1 aromatic rings. The summed E-state index contributed by atoms with van der Waals surface area (Å²) in [6, 6.07) is 4.46. The van der Waals surface area contributed by atoms with Crippen LogP contribution in [0.1, 0.15) is 49.7 Å². The number of alkyl halides is 3. The Labute approximate surface area is 152 Å². The maximum Gasteiger partial charge on any atom is 0.417 e. The molecule has 26 heavy (non-hydrogen) atoms. The number of carbonyl (C=O) groups excluding carboxylic acids is 1. The molecule has 1 amide bonds. The van der Waals surface area contributed by atoms with Crippen LogP contribution in [0.15, 0.2) is 18.2 Å². The van der Waals surface area contributed by atoms with Gasteiger partial charge in [0.05, 0.1) is 17.2 Å². The van der Waals surface area contributed by atoms with E-state index in [4.69, 9.17) is 5.26 Å². The Morgan fingerprint density at radius 3 is 2.50 bits per heavy atom. The third-order valence-corrected chi connectivity index (χ3v) is 4.82. The third-order valence-electron chi connectivity index (χ3n) is 4.82. The highest BCUT2D eigenvalue weighted by Gasteiger charge is 2.34. The van der Waals surface area contributed by atoms with Gasteiger partial charge in [-0.25, -0.2) is 0 Å². The van der Waals surface area contributed by atoms with E-state index in [0.717, 1.165) is 37.8 Å². The minimum absolute atomic E-state index is 0.159. The van der Waals surface area contributed by atoms with Crippen molar-refractivity contribution in [2.24, 2.45) is 5.92 Å². The zero-order valence-corrected chi connectivity index (χ0v) is 15.1. The van der Waals surface area contributed by atoms with Crippen molar-refractivity contribution in [2.75, 3.05) is 19.4 Å². The number of nitrogens with one attached hydrogen (secondary N) is 1. The number of halogens is 3. The van der Waals surface area contributed by atoms with Gasteiger partial charge < -0.3 is 10.2 Å². The van der Waals surface area contributed by atoms with Gasteiger partial charge in [0.15, 0.2) is 0 Å². The number of likely N-dealkylation sites (N-methyl/N-ethyl adjacent to an activating group) is 1. The van der Waals surface area contributed by atoms with Gasteiger partial charge in [-0.15, -0.1) is 0 Å². The fourth-order valence-electron chi connectivity index (χ4n) is 3.46. The first kappa shape index (κ1) is 20.1. The Kier molecular flexibility index (Phi) is 6.52. The molecule has 0 aliphatic heterocycles. The van der Waals surface area contributed by atoms with Gasteiger partial charge in [0.1, 0.15) is 6.04 Å². The van der Waals surface area contributed by atoms with E-state index in [9.17, 15) is 18.0 Å². The second-order valence-corrected chi connectivity index (χ2v) is 7.04. The Hall–Kier alpha value is -2.23. The smallest absolute Gasteiger partial charge is 0.374 e. The van der Waals surface area contributed by atoms with E-state index >= 15 is 0 Å². The lowest BCUT2D eigenvalue weighted by molar-refractivity contribution is -0.137. The van der Waals surface area contributed by atoms with Crippen LogP contribution in [0.5, 0.6) is 0 Å². The zero-order valence-electron chi connectivity index (χ0n) is 15.1. The first-order chi connectivity index (χ1) is 12.2. The molecule has 1 saturated carbocycles. The van der Waals surface area contributed by atoms with E-state index in [1.807, 2.05) is 0 Å². The lowest BCUT2D eigenvalue weighted by Gasteiger charge is -2.29. The molecule has 0 radical (unpaired) electrons. The molecular formula is C19H24F3N3O. The first-order valence-corrected chi connectivity index (χ1v) is 8.81. The molecular weight excluding hydrogens is 343 g/mol. The molecule has 1 aliphatic rings. The molecule has 0 spiro atoms. The van der Waals surface area contributed by atoms with Gasteiger partial charge in [-0.1, -0.05) is 32.1 Å². The van der Waals surface area contributed by atoms with E-state index in [1.54, 1.807) is 20.2 Å². The van der Waals surface area contributed by atoms with Crippen LogP contribution in [-0.4, -0.2) is 30.9 Å². The van der Waals surface area contributed by atoms with Crippen molar-refractivity contribution in [1.82, 2.24) is 4.90 Å². The molecule has 1 aromatic carbocycles. The summed E-state index contributed by atoms with van der Waals surface area (Å²) in [5.74, 6) is 0.235. The molecule has 1 fully saturated rings.